The first-order chi connectivity index (χ1) is 7.13. The number of hydrogen-bond acceptors (Lipinski definition) is 3. The third kappa shape index (κ3) is 3.95. The molecule has 0 amide bonds. The quantitative estimate of drug-likeness (QED) is 0.470. The van der Waals surface area contributed by atoms with Crippen molar-refractivity contribution in [2.24, 2.45) is 0 Å². The zero-order chi connectivity index (χ0) is 11.3. The van der Waals surface area contributed by atoms with E-state index in [9.17, 15) is 10.1 Å². The maximum Gasteiger partial charge on any atom is 0.287 e. The van der Waals surface area contributed by atoms with Crippen molar-refractivity contribution in [3.63, 3.8) is 0 Å². The molecular formula is C10H13BrN2O2. The average molecular weight is 273 g/mol. The highest BCUT2D eigenvalue weighted by molar-refractivity contribution is 9.09. The highest BCUT2D eigenvalue weighted by atomic mass is 79.9. The molecule has 5 heteroatoms. The summed E-state index contributed by atoms with van der Waals surface area (Å²) in [4.78, 5) is 14.4. The molecule has 1 unspecified atom stereocenters. The average Bonchev–Trinajstić information content (AvgIpc) is 2.18. The van der Waals surface area contributed by atoms with Gasteiger partial charge in [0, 0.05) is 23.0 Å². The minimum absolute atomic E-state index is 0.0420. The van der Waals surface area contributed by atoms with Crippen LogP contribution in [0.15, 0.2) is 18.3 Å². The zero-order valence-corrected chi connectivity index (χ0v) is 10.1. The van der Waals surface area contributed by atoms with Gasteiger partial charge >= 0.3 is 0 Å². The van der Waals surface area contributed by atoms with Crippen molar-refractivity contribution in [2.75, 3.05) is 0 Å². The molecule has 15 heavy (non-hydrogen) atoms. The molecule has 4 nitrogen and oxygen atoms in total. The van der Waals surface area contributed by atoms with Gasteiger partial charge in [-0.05, 0) is 12.5 Å². The smallest absolute Gasteiger partial charge is 0.258 e. The molecule has 0 N–H and O–H groups in total. The fourth-order valence-corrected chi connectivity index (χ4v) is 2.08. The number of nitro groups is 1. The van der Waals surface area contributed by atoms with Gasteiger partial charge in [-0.1, -0.05) is 29.3 Å². The first kappa shape index (κ1) is 12.1. The lowest BCUT2D eigenvalue weighted by Crippen LogP contribution is -2.03. The van der Waals surface area contributed by atoms with E-state index in [2.05, 4.69) is 27.8 Å². The summed E-state index contributed by atoms with van der Waals surface area (Å²) in [6, 6.07) is 3.20. The third-order valence-corrected chi connectivity index (χ3v) is 2.83. The summed E-state index contributed by atoms with van der Waals surface area (Å²) in [5.41, 5.74) is 0.927. The molecule has 1 heterocycles. The Morgan fingerprint density at radius 1 is 1.60 bits per heavy atom. The summed E-state index contributed by atoms with van der Waals surface area (Å²) >= 11 is 3.55. The van der Waals surface area contributed by atoms with Crippen molar-refractivity contribution < 1.29 is 4.92 Å². The number of halogens is 1. The number of rotatable bonds is 5. The lowest BCUT2D eigenvalue weighted by atomic mass is 10.1. The molecule has 0 radical (unpaired) electrons. The largest absolute Gasteiger partial charge is 0.287 e. The molecule has 0 bridgehead atoms. The number of hydrogen-bond donors (Lipinski definition) is 0. The molecule has 0 spiro atoms. The Morgan fingerprint density at radius 3 is 2.80 bits per heavy atom. The van der Waals surface area contributed by atoms with E-state index < -0.39 is 4.92 Å². The van der Waals surface area contributed by atoms with Crippen LogP contribution in [0.5, 0.6) is 0 Å². The molecular weight excluding hydrogens is 260 g/mol. The van der Waals surface area contributed by atoms with Gasteiger partial charge in [-0.25, -0.2) is 0 Å². The molecule has 1 aromatic heterocycles. The van der Waals surface area contributed by atoms with Gasteiger partial charge in [0.15, 0.2) is 0 Å². The first-order valence-electron chi connectivity index (χ1n) is 4.87. The zero-order valence-electron chi connectivity index (χ0n) is 8.52. The van der Waals surface area contributed by atoms with Gasteiger partial charge in [0.1, 0.15) is 6.20 Å². The highest BCUT2D eigenvalue weighted by Gasteiger charge is 2.08. The second-order valence-electron chi connectivity index (χ2n) is 3.35. The van der Waals surface area contributed by atoms with Crippen molar-refractivity contribution in [1.82, 2.24) is 4.98 Å². The molecule has 0 saturated carbocycles. The van der Waals surface area contributed by atoms with Gasteiger partial charge in [-0.15, -0.1) is 0 Å². The highest BCUT2D eigenvalue weighted by Crippen LogP contribution is 2.15. The van der Waals surface area contributed by atoms with Crippen LogP contribution < -0.4 is 0 Å². The van der Waals surface area contributed by atoms with Gasteiger partial charge in [0.25, 0.3) is 5.69 Å². The van der Waals surface area contributed by atoms with Gasteiger partial charge in [0.2, 0.25) is 0 Å². The Morgan fingerprint density at radius 2 is 2.33 bits per heavy atom. The van der Waals surface area contributed by atoms with Gasteiger partial charge in [-0.3, -0.25) is 15.1 Å². The minimum Gasteiger partial charge on any atom is -0.258 e. The molecule has 1 aromatic rings. The van der Waals surface area contributed by atoms with Crippen LogP contribution >= 0.6 is 15.9 Å². The van der Waals surface area contributed by atoms with E-state index in [4.69, 9.17) is 0 Å². The van der Waals surface area contributed by atoms with Gasteiger partial charge in [-0.2, -0.15) is 0 Å². The number of aromatic nitrogens is 1. The molecule has 0 saturated heterocycles. The Bertz CT molecular complexity index is 327. The maximum atomic E-state index is 10.4. The summed E-state index contributed by atoms with van der Waals surface area (Å²) in [7, 11) is 0. The van der Waals surface area contributed by atoms with Crippen LogP contribution in [-0.4, -0.2) is 14.7 Å². The molecule has 0 aromatic carbocycles. The van der Waals surface area contributed by atoms with Crippen molar-refractivity contribution >= 4 is 21.6 Å². The van der Waals surface area contributed by atoms with Crippen LogP contribution in [0.3, 0.4) is 0 Å². The lowest BCUT2D eigenvalue weighted by molar-refractivity contribution is -0.385. The van der Waals surface area contributed by atoms with E-state index in [-0.39, 0.29) is 5.69 Å². The molecule has 0 aliphatic rings. The summed E-state index contributed by atoms with van der Waals surface area (Å²) in [5.74, 6) is 0. The van der Waals surface area contributed by atoms with Gasteiger partial charge in [0.05, 0.1) is 4.92 Å². The lowest BCUT2D eigenvalue weighted by Gasteiger charge is -2.06. The van der Waals surface area contributed by atoms with E-state index in [1.54, 1.807) is 6.07 Å². The Balaban J connectivity index is 2.60. The van der Waals surface area contributed by atoms with Crippen molar-refractivity contribution in [1.29, 1.82) is 0 Å². The van der Waals surface area contributed by atoms with Crippen LogP contribution in [0.1, 0.15) is 25.5 Å². The van der Waals surface area contributed by atoms with E-state index >= 15 is 0 Å². The summed E-state index contributed by atoms with van der Waals surface area (Å²) in [6.07, 6.45) is 4.31. The van der Waals surface area contributed by atoms with Crippen LogP contribution in [0.25, 0.3) is 0 Å². The van der Waals surface area contributed by atoms with E-state index in [1.165, 1.54) is 12.3 Å². The molecule has 82 valence electrons. The molecule has 0 aliphatic carbocycles. The fraction of sp³-hybridized carbons (Fsp3) is 0.500. The summed E-state index contributed by atoms with van der Waals surface area (Å²) in [6.45, 7) is 2.12. The normalized spacial score (nSPS) is 12.4. The minimum atomic E-state index is -0.436. The summed E-state index contributed by atoms with van der Waals surface area (Å²) < 4.78 is 0. The summed E-state index contributed by atoms with van der Waals surface area (Å²) in [5, 5.41) is 10.4. The van der Waals surface area contributed by atoms with E-state index in [0.29, 0.717) is 4.83 Å². The monoisotopic (exact) mass is 272 g/mol. The standard InChI is InChI=1S/C10H13BrN2O2/c1-2-3-8(11)6-9-4-5-10(7-12-9)13(14)15/h4-5,7-8H,2-3,6H2,1H3. The third-order valence-electron chi connectivity index (χ3n) is 2.05. The van der Waals surface area contributed by atoms with Crippen molar-refractivity contribution in [2.45, 2.75) is 31.0 Å². The van der Waals surface area contributed by atoms with Crippen LogP contribution in [-0.2, 0) is 6.42 Å². The Labute approximate surface area is 97.0 Å². The fourth-order valence-electron chi connectivity index (χ4n) is 1.29. The first-order valence-corrected chi connectivity index (χ1v) is 5.78. The van der Waals surface area contributed by atoms with Crippen LogP contribution in [0, 0.1) is 10.1 Å². The topological polar surface area (TPSA) is 56.0 Å². The van der Waals surface area contributed by atoms with Crippen LogP contribution in [0.4, 0.5) is 5.69 Å². The van der Waals surface area contributed by atoms with E-state index in [1.807, 2.05) is 0 Å². The predicted octanol–water partition coefficient (Wildman–Crippen LogP) is 3.10. The number of nitrogens with zero attached hydrogens (tertiary/aromatic N) is 2. The van der Waals surface area contributed by atoms with Crippen LogP contribution in [0.2, 0.25) is 0 Å². The Kier molecular flexibility index (Phi) is 4.68. The number of alkyl halides is 1. The molecule has 1 rings (SSSR count). The second kappa shape index (κ2) is 5.80. The maximum absolute atomic E-state index is 10.4. The van der Waals surface area contributed by atoms with Crippen molar-refractivity contribution in [3.8, 4) is 0 Å². The molecule has 1 atom stereocenters. The Hall–Kier alpha value is -0.970. The predicted molar refractivity (Wildman–Crippen MR) is 62.2 cm³/mol. The van der Waals surface area contributed by atoms with Gasteiger partial charge < -0.3 is 0 Å². The van der Waals surface area contributed by atoms with E-state index in [0.717, 1.165) is 25.0 Å². The second-order valence-corrected chi connectivity index (χ2v) is 4.65. The van der Waals surface area contributed by atoms with Crippen molar-refractivity contribution in [3.05, 3.63) is 34.1 Å². The molecule has 0 fully saturated rings. The SMILES string of the molecule is CCCC(Br)Cc1ccc([N+](=O)[O-])cn1. The molecule has 0 aliphatic heterocycles. The number of pyridine rings is 1.